The van der Waals surface area contributed by atoms with Gasteiger partial charge in [-0.05, 0) is 36.0 Å². The second-order valence-corrected chi connectivity index (χ2v) is 6.30. The molecule has 0 aliphatic heterocycles. The molecule has 0 spiro atoms. The molecule has 0 aliphatic rings. The second kappa shape index (κ2) is 7.79. The maximum Gasteiger partial charge on any atom is 0.0453 e. The molecule has 0 bridgehead atoms. The predicted octanol–water partition coefficient (Wildman–Crippen LogP) is 4.31. The summed E-state index contributed by atoms with van der Waals surface area (Å²) in [7, 11) is 0. The summed E-state index contributed by atoms with van der Waals surface area (Å²) in [5, 5.41) is 2.89. The van der Waals surface area contributed by atoms with Crippen LogP contribution < -0.4 is 5.73 Å². The van der Waals surface area contributed by atoms with E-state index in [-0.39, 0.29) is 6.04 Å². The Labute approximate surface area is 130 Å². The van der Waals surface area contributed by atoms with Crippen LogP contribution in [0.3, 0.4) is 0 Å². The Morgan fingerprint density at radius 3 is 2.70 bits per heavy atom. The fourth-order valence-corrected chi connectivity index (χ4v) is 3.25. The zero-order valence-corrected chi connectivity index (χ0v) is 13.3. The molecule has 1 aromatic carbocycles. The molecule has 2 nitrogen and oxygen atoms in total. The number of benzene rings is 1. The summed E-state index contributed by atoms with van der Waals surface area (Å²) in [6, 6.07) is 12.1. The van der Waals surface area contributed by atoms with Gasteiger partial charge in [0, 0.05) is 29.0 Å². The van der Waals surface area contributed by atoms with Crippen LogP contribution >= 0.6 is 22.9 Å². The van der Waals surface area contributed by atoms with E-state index < -0.39 is 0 Å². The van der Waals surface area contributed by atoms with E-state index in [0.29, 0.717) is 0 Å². The topological polar surface area (TPSA) is 29.3 Å². The SMILES string of the molecule is CCN(CCC(N)c1ccccc1Cl)Cc1cccs1. The number of hydrogen-bond donors (Lipinski definition) is 1. The summed E-state index contributed by atoms with van der Waals surface area (Å²) in [6.07, 6.45) is 0.920. The van der Waals surface area contributed by atoms with Crippen LogP contribution in [-0.4, -0.2) is 18.0 Å². The average Bonchev–Trinajstić information content (AvgIpc) is 2.96. The molecular weight excluding hydrogens is 288 g/mol. The first-order valence-electron chi connectivity index (χ1n) is 6.95. The van der Waals surface area contributed by atoms with Crippen molar-refractivity contribution in [2.24, 2.45) is 5.73 Å². The number of thiophene rings is 1. The summed E-state index contributed by atoms with van der Waals surface area (Å²) in [5.41, 5.74) is 7.31. The monoisotopic (exact) mass is 308 g/mol. The standard InChI is InChI=1S/C16H21ClN2S/c1-2-19(12-13-6-5-11-20-13)10-9-16(18)14-7-3-4-8-15(14)17/h3-8,11,16H,2,9-10,12,18H2,1H3. The molecule has 2 N–H and O–H groups in total. The molecule has 0 aliphatic carbocycles. The fourth-order valence-electron chi connectivity index (χ4n) is 2.22. The first kappa shape index (κ1) is 15.5. The molecule has 2 aromatic rings. The van der Waals surface area contributed by atoms with Crippen molar-refractivity contribution in [3.8, 4) is 0 Å². The quantitative estimate of drug-likeness (QED) is 0.825. The van der Waals surface area contributed by atoms with Gasteiger partial charge in [0.2, 0.25) is 0 Å². The molecule has 0 fully saturated rings. The summed E-state index contributed by atoms with van der Waals surface area (Å²) in [5.74, 6) is 0. The molecule has 0 radical (unpaired) electrons. The number of hydrogen-bond acceptors (Lipinski definition) is 3. The lowest BCUT2D eigenvalue weighted by Crippen LogP contribution is -2.26. The van der Waals surface area contributed by atoms with E-state index in [1.54, 1.807) is 11.3 Å². The Balaban J connectivity index is 1.88. The van der Waals surface area contributed by atoms with Crippen LogP contribution in [0.5, 0.6) is 0 Å². The molecular formula is C16H21ClN2S. The Morgan fingerprint density at radius 1 is 1.25 bits per heavy atom. The second-order valence-electron chi connectivity index (χ2n) is 4.86. The number of rotatable bonds is 7. The number of nitrogens with two attached hydrogens (primary N) is 1. The van der Waals surface area contributed by atoms with E-state index in [1.165, 1.54) is 4.88 Å². The summed E-state index contributed by atoms with van der Waals surface area (Å²) < 4.78 is 0. The molecule has 0 amide bonds. The normalized spacial score (nSPS) is 12.8. The largest absolute Gasteiger partial charge is 0.324 e. The van der Waals surface area contributed by atoms with E-state index in [2.05, 4.69) is 29.3 Å². The van der Waals surface area contributed by atoms with Gasteiger partial charge in [0.25, 0.3) is 0 Å². The third kappa shape index (κ3) is 4.32. The van der Waals surface area contributed by atoms with Gasteiger partial charge in [0.05, 0.1) is 0 Å². The van der Waals surface area contributed by atoms with Crippen LogP contribution in [0.25, 0.3) is 0 Å². The third-order valence-corrected chi connectivity index (χ3v) is 4.67. The highest BCUT2D eigenvalue weighted by Crippen LogP contribution is 2.23. The van der Waals surface area contributed by atoms with E-state index in [9.17, 15) is 0 Å². The molecule has 1 atom stereocenters. The number of halogens is 1. The van der Waals surface area contributed by atoms with Crippen LogP contribution in [-0.2, 0) is 6.54 Å². The zero-order chi connectivity index (χ0) is 14.4. The van der Waals surface area contributed by atoms with E-state index in [4.69, 9.17) is 17.3 Å². The first-order valence-corrected chi connectivity index (χ1v) is 8.21. The first-order chi connectivity index (χ1) is 9.70. The molecule has 1 aromatic heterocycles. The number of nitrogens with zero attached hydrogens (tertiary/aromatic N) is 1. The minimum atomic E-state index is 0.00101. The molecule has 4 heteroatoms. The van der Waals surface area contributed by atoms with E-state index in [1.807, 2.05) is 24.3 Å². The van der Waals surface area contributed by atoms with Crippen LogP contribution in [0.4, 0.5) is 0 Å². The molecule has 108 valence electrons. The van der Waals surface area contributed by atoms with Gasteiger partial charge in [0.15, 0.2) is 0 Å². The zero-order valence-electron chi connectivity index (χ0n) is 11.8. The Hall–Kier alpha value is -0.870. The van der Waals surface area contributed by atoms with Gasteiger partial charge in [-0.2, -0.15) is 0 Å². The molecule has 1 unspecified atom stereocenters. The van der Waals surface area contributed by atoms with Crippen LogP contribution in [0.2, 0.25) is 5.02 Å². The molecule has 2 rings (SSSR count). The van der Waals surface area contributed by atoms with Crippen molar-refractivity contribution in [1.82, 2.24) is 4.90 Å². The van der Waals surface area contributed by atoms with Crippen molar-refractivity contribution < 1.29 is 0 Å². The minimum Gasteiger partial charge on any atom is -0.324 e. The summed E-state index contributed by atoms with van der Waals surface area (Å²) >= 11 is 8.00. The highest BCUT2D eigenvalue weighted by Gasteiger charge is 2.12. The smallest absolute Gasteiger partial charge is 0.0453 e. The Kier molecular flexibility index (Phi) is 6.05. The maximum absolute atomic E-state index is 6.26. The Bertz CT molecular complexity index is 513. The van der Waals surface area contributed by atoms with Crippen molar-refractivity contribution >= 4 is 22.9 Å². The van der Waals surface area contributed by atoms with Crippen LogP contribution in [0, 0.1) is 0 Å². The van der Waals surface area contributed by atoms with Crippen molar-refractivity contribution in [2.75, 3.05) is 13.1 Å². The van der Waals surface area contributed by atoms with Gasteiger partial charge in [-0.3, -0.25) is 4.90 Å². The summed E-state index contributed by atoms with van der Waals surface area (Å²) in [6.45, 7) is 5.21. The third-order valence-electron chi connectivity index (χ3n) is 3.47. The molecule has 0 saturated heterocycles. The maximum atomic E-state index is 6.26. The average molecular weight is 309 g/mol. The van der Waals surface area contributed by atoms with E-state index >= 15 is 0 Å². The van der Waals surface area contributed by atoms with Crippen molar-refractivity contribution in [2.45, 2.75) is 25.9 Å². The van der Waals surface area contributed by atoms with E-state index in [0.717, 1.165) is 36.6 Å². The highest BCUT2D eigenvalue weighted by molar-refractivity contribution is 7.09. The van der Waals surface area contributed by atoms with Gasteiger partial charge in [0.1, 0.15) is 0 Å². The van der Waals surface area contributed by atoms with Gasteiger partial charge >= 0.3 is 0 Å². The predicted molar refractivity (Wildman–Crippen MR) is 88.3 cm³/mol. The van der Waals surface area contributed by atoms with Gasteiger partial charge < -0.3 is 5.73 Å². The summed E-state index contributed by atoms with van der Waals surface area (Å²) in [4.78, 5) is 3.82. The lowest BCUT2D eigenvalue weighted by molar-refractivity contribution is 0.270. The van der Waals surface area contributed by atoms with Gasteiger partial charge in [-0.15, -0.1) is 11.3 Å². The minimum absolute atomic E-state index is 0.00101. The molecule has 20 heavy (non-hydrogen) atoms. The van der Waals surface area contributed by atoms with Gasteiger partial charge in [-0.1, -0.05) is 42.8 Å². The molecule has 1 heterocycles. The lowest BCUT2D eigenvalue weighted by Gasteiger charge is -2.22. The lowest BCUT2D eigenvalue weighted by atomic mass is 10.0. The van der Waals surface area contributed by atoms with Crippen molar-refractivity contribution in [3.63, 3.8) is 0 Å². The van der Waals surface area contributed by atoms with Gasteiger partial charge in [-0.25, -0.2) is 0 Å². The van der Waals surface area contributed by atoms with Crippen molar-refractivity contribution in [3.05, 3.63) is 57.2 Å². The van der Waals surface area contributed by atoms with Crippen molar-refractivity contribution in [1.29, 1.82) is 0 Å². The molecule has 0 saturated carbocycles. The Morgan fingerprint density at radius 2 is 2.05 bits per heavy atom. The van der Waals surface area contributed by atoms with Crippen LogP contribution in [0.15, 0.2) is 41.8 Å². The highest BCUT2D eigenvalue weighted by atomic mass is 35.5. The fraction of sp³-hybridized carbons (Fsp3) is 0.375. The van der Waals surface area contributed by atoms with Crippen LogP contribution in [0.1, 0.15) is 29.8 Å².